The van der Waals surface area contributed by atoms with E-state index in [1.165, 1.54) is 0 Å². The first-order valence-electron chi connectivity index (χ1n) is 6.97. The number of carbonyl (C=O) groups is 1. The van der Waals surface area contributed by atoms with Gasteiger partial charge in [-0.3, -0.25) is 9.69 Å². The Labute approximate surface area is 110 Å². The molecule has 1 aliphatic heterocycles. The van der Waals surface area contributed by atoms with Gasteiger partial charge in [0, 0.05) is 25.2 Å². The smallest absolute Gasteiger partial charge is 0.237 e. The number of nitrogens with zero attached hydrogens (tertiary/aromatic N) is 1. The lowest BCUT2D eigenvalue weighted by Crippen LogP contribution is -2.57. The first kappa shape index (κ1) is 15.4. The number of nitrogens with one attached hydrogen (secondary N) is 1. The predicted octanol–water partition coefficient (Wildman–Crippen LogP) is 0.339. The van der Waals surface area contributed by atoms with E-state index in [2.05, 4.69) is 24.1 Å². The number of amides is 1. The third-order valence-corrected chi connectivity index (χ3v) is 3.75. The van der Waals surface area contributed by atoms with E-state index < -0.39 is 0 Å². The van der Waals surface area contributed by atoms with Gasteiger partial charge < -0.3 is 15.8 Å². The van der Waals surface area contributed by atoms with E-state index in [4.69, 9.17) is 10.5 Å². The standard InChI is InChI=1S/C13H27N3O2/c1-4-11(5-2)15-13(17)10(3)16-6-7-18-9-12(16)8-14/h10-12H,4-9,14H2,1-3H3,(H,15,17). The molecule has 0 bridgehead atoms. The summed E-state index contributed by atoms with van der Waals surface area (Å²) in [6.07, 6.45) is 1.94. The van der Waals surface area contributed by atoms with E-state index in [1.807, 2.05) is 6.92 Å². The highest BCUT2D eigenvalue weighted by Crippen LogP contribution is 2.11. The minimum Gasteiger partial charge on any atom is -0.378 e. The molecule has 1 fully saturated rings. The molecule has 1 rings (SSSR count). The molecule has 2 unspecified atom stereocenters. The lowest BCUT2D eigenvalue weighted by molar-refractivity contribution is -0.130. The van der Waals surface area contributed by atoms with Crippen LogP contribution in [0.3, 0.4) is 0 Å². The third kappa shape index (κ3) is 3.93. The van der Waals surface area contributed by atoms with E-state index in [0.717, 1.165) is 19.4 Å². The monoisotopic (exact) mass is 257 g/mol. The summed E-state index contributed by atoms with van der Waals surface area (Å²) in [7, 11) is 0. The van der Waals surface area contributed by atoms with Crippen LogP contribution in [0, 0.1) is 0 Å². The summed E-state index contributed by atoms with van der Waals surface area (Å²) in [4.78, 5) is 14.4. The van der Waals surface area contributed by atoms with Crippen molar-refractivity contribution >= 4 is 5.91 Å². The van der Waals surface area contributed by atoms with Gasteiger partial charge in [0.1, 0.15) is 0 Å². The van der Waals surface area contributed by atoms with Crippen molar-refractivity contribution in [1.29, 1.82) is 0 Å². The molecule has 1 heterocycles. The summed E-state index contributed by atoms with van der Waals surface area (Å²) in [5.74, 6) is 0.101. The quantitative estimate of drug-likeness (QED) is 0.720. The van der Waals surface area contributed by atoms with Gasteiger partial charge in [-0.05, 0) is 19.8 Å². The second-order valence-corrected chi connectivity index (χ2v) is 4.90. The first-order valence-corrected chi connectivity index (χ1v) is 6.97. The van der Waals surface area contributed by atoms with Crippen molar-refractivity contribution in [2.45, 2.75) is 51.7 Å². The highest BCUT2D eigenvalue weighted by Gasteiger charge is 2.30. The van der Waals surface area contributed by atoms with Gasteiger partial charge in [0.2, 0.25) is 5.91 Å². The highest BCUT2D eigenvalue weighted by atomic mass is 16.5. The molecule has 0 aliphatic carbocycles. The van der Waals surface area contributed by atoms with Crippen molar-refractivity contribution in [3.8, 4) is 0 Å². The zero-order valence-corrected chi connectivity index (χ0v) is 11.8. The molecule has 0 saturated carbocycles. The lowest BCUT2D eigenvalue weighted by atomic mass is 10.1. The van der Waals surface area contributed by atoms with E-state index >= 15 is 0 Å². The molecule has 5 heteroatoms. The van der Waals surface area contributed by atoms with Gasteiger partial charge in [0.25, 0.3) is 0 Å². The van der Waals surface area contributed by atoms with Crippen LogP contribution in [-0.2, 0) is 9.53 Å². The molecule has 1 amide bonds. The van der Waals surface area contributed by atoms with Gasteiger partial charge in [-0.2, -0.15) is 0 Å². The summed E-state index contributed by atoms with van der Waals surface area (Å²) >= 11 is 0. The largest absolute Gasteiger partial charge is 0.378 e. The average molecular weight is 257 g/mol. The number of hydrogen-bond donors (Lipinski definition) is 2. The molecule has 2 atom stereocenters. The maximum absolute atomic E-state index is 12.2. The Hall–Kier alpha value is -0.650. The van der Waals surface area contributed by atoms with Crippen molar-refractivity contribution in [3.05, 3.63) is 0 Å². The number of nitrogens with two attached hydrogens (primary N) is 1. The Balaban J connectivity index is 2.55. The highest BCUT2D eigenvalue weighted by molar-refractivity contribution is 5.81. The molecular weight excluding hydrogens is 230 g/mol. The Morgan fingerprint density at radius 2 is 2.17 bits per heavy atom. The summed E-state index contributed by atoms with van der Waals surface area (Å²) in [5.41, 5.74) is 5.73. The lowest BCUT2D eigenvalue weighted by Gasteiger charge is -2.38. The fraction of sp³-hybridized carbons (Fsp3) is 0.923. The zero-order chi connectivity index (χ0) is 13.5. The predicted molar refractivity (Wildman–Crippen MR) is 72.3 cm³/mol. The topological polar surface area (TPSA) is 67.6 Å². The normalized spacial score (nSPS) is 23.1. The van der Waals surface area contributed by atoms with E-state index in [9.17, 15) is 4.79 Å². The Morgan fingerprint density at radius 3 is 2.72 bits per heavy atom. The molecule has 0 radical (unpaired) electrons. The minimum absolute atomic E-state index is 0.101. The molecule has 18 heavy (non-hydrogen) atoms. The van der Waals surface area contributed by atoms with Crippen LogP contribution < -0.4 is 11.1 Å². The first-order chi connectivity index (χ1) is 8.63. The number of ether oxygens (including phenoxy) is 1. The van der Waals surface area contributed by atoms with E-state index in [0.29, 0.717) is 19.8 Å². The van der Waals surface area contributed by atoms with Crippen LogP contribution in [0.25, 0.3) is 0 Å². The number of morpholine rings is 1. The molecular formula is C13H27N3O2. The SMILES string of the molecule is CCC(CC)NC(=O)C(C)N1CCOCC1CN. The molecule has 0 aromatic heterocycles. The van der Waals surface area contributed by atoms with Crippen molar-refractivity contribution in [2.24, 2.45) is 5.73 Å². The summed E-state index contributed by atoms with van der Waals surface area (Å²) < 4.78 is 5.40. The molecule has 1 aliphatic rings. The van der Waals surface area contributed by atoms with Gasteiger partial charge in [-0.15, -0.1) is 0 Å². The van der Waals surface area contributed by atoms with Gasteiger partial charge in [0.05, 0.1) is 19.3 Å². The summed E-state index contributed by atoms with van der Waals surface area (Å²) in [5, 5.41) is 3.10. The minimum atomic E-state index is -0.136. The molecule has 5 nitrogen and oxygen atoms in total. The molecule has 3 N–H and O–H groups in total. The molecule has 0 aromatic carbocycles. The van der Waals surface area contributed by atoms with E-state index in [1.54, 1.807) is 0 Å². The van der Waals surface area contributed by atoms with Crippen LogP contribution in [0.1, 0.15) is 33.6 Å². The Morgan fingerprint density at radius 1 is 1.50 bits per heavy atom. The summed E-state index contributed by atoms with van der Waals surface area (Å²) in [6.45, 7) is 8.75. The van der Waals surface area contributed by atoms with Gasteiger partial charge in [-0.25, -0.2) is 0 Å². The molecule has 0 spiro atoms. The second-order valence-electron chi connectivity index (χ2n) is 4.90. The van der Waals surface area contributed by atoms with Crippen LogP contribution in [0.15, 0.2) is 0 Å². The van der Waals surface area contributed by atoms with Crippen molar-refractivity contribution in [2.75, 3.05) is 26.3 Å². The number of rotatable bonds is 6. The van der Waals surface area contributed by atoms with Gasteiger partial charge in [0.15, 0.2) is 0 Å². The van der Waals surface area contributed by atoms with Gasteiger partial charge >= 0.3 is 0 Å². The molecule has 106 valence electrons. The van der Waals surface area contributed by atoms with Crippen molar-refractivity contribution < 1.29 is 9.53 Å². The third-order valence-electron chi connectivity index (χ3n) is 3.75. The van der Waals surface area contributed by atoms with E-state index in [-0.39, 0.29) is 24.0 Å². The average Bonchev–Trinajstić information content (AvgIpc) is 2.43. The van der Waals surface area contributed by atoms with Crippen LogP contribution in [-0.4, -0.2) is 55.2 Å². The molecule has 0 aromatic rings. The second kappa shape index (κ2) is 7.71. The summed E-state index contributed by atoms with van der Waals surface area (Å²) in [6, 6.07) is 0.293. The zero-order valence-electron chi connectivity index (χ0n) is 11.8. The number of carbonyl (C=O) groups excluding carboxylic acids is 1. The molecule has 1 saturated heterocycles. The van der Waals surface area contributed by atoms with Crippen molar-refractivity contribution in [3.63, 3.8) is 0 Å². The van der Waals surface area contributed by atoms with Crippen molar-refractivity contribution in [1.82, 2.24) is 10.2 Å². The Kier molecular flexibility index (Phi) is 6.60. The number of hydrogen-bond acceptors (Lipinski definition) is 4. The van der Waals surface area contributed by atoms with Crippen LogP contribution in [0.2, 0.25) is 0 Å². The van der Waals surface area contributed by atoms with Gasteiger partial charge in [-0.1, -0.05) is 13.8 Å². The fourth-order valence-corrected chi connectivity index (χ4v) is 2.35. The van der Waals surface area contributed by atoms with Crippen LogP contribution in [0.5, 0.6) is 0 Å². The fourth-order valence-electron chi connectivity index (χ4n) is 2.35. The Bertz CT molecular complexity index is 257. The van der Waals surface area contributed by atoms with Crippen LogP contribution in [0.4, 0.5) is 0 Å². The maximum atomic E-state index is 12.2. The van der Waals surface area contributed by atoms with Crippen LogP contribution >= 0.6 is 0 Å². The maximum Gasteiger partial charge on any atom is 0.237 e.